The van der Waals surface area contributed by atoms with Crippen molar-refractivity contribution in [3.8, 4) is 5.75 Å². The Bertz CT molecular complexity index is 1010. The number of carbonyl (C=O) groups is 2. The van der Waals surface area contributed by atoms with Gasteiger partial charge in [0.1, 0.15) is 11.6 Å². The fourth-order valence-corrected chi connectivity index (χ4v) is 3.14. The Morgan fingerprint density at radius 2 is 1.62 bits per heavy atom. The number of urea groups is 1. The first-order valence-electron chi connectivity index (χ1n) is 10.3. The fourth-order valence-electron chi connectivity index (χ4n) is 3.14. The van der Waals surface area contributed by atoms with Crippen molar-refractivity contribution < 1.29 is 18.7 Å². The van der Waals surface area contributed by atoms with Crippen LogP contribution in [0.3, 0.4) is 0 Å². The average Bonchev–Trinajstić information content (AvgIpc) is 2.81. The van der Waals surface area contributed by atoms with Crippen LogP contribution in [0.2, 0.25) is 0 Å². The van der Waals surface area contributed by atoms with Gasteiger partial charge >= 0.3 is 6.03 Å². The Morgan fingerprint density at radius 3 is 2.28 bits per heavy atom. The largest absolute Gasteiger partial charge is 0.497 e. The second kappa shape index (κ2) is 11.5. The number of nitrogens with zero attached hydrogens (tertiary/aromatic N) is 1. The Hall–Kier alpha value is -3.87. The molecule has 3 rings (SSSR count). The molecule has 2 N–H and O–H groups in total. The zero-order valence-corrected chi connectivity index (χ0v) is 17.9. The van der Waals surface area contributed by atoms with Crippen molar-refractivity contribution in [2.75, 3.05) is 30.4 Å². The van der Waals surface area contributed by atoms with Crippen LogP contribution in [0, 0.1) is 5.82 Å². The minimum atomic E-state index is -0.372. The molecule has 0 aliphatic rings. The van der Waals surface area contributed by atoms with Gasteiger partial charge in [-0.25, -0.2) is 9.18 Å². The molecule has 0 aromatic heterocycles. The Morgan fingerprint density at radius 1 is 0.938 bits per heavy atom. The SMILES string of the molecule is COc1ccc(CC(=O)NCCCN(C(=O)Nc2ccccc2)c2ccc(F)cc2)cc1. The first kappa shape index (κ1) is 22.8. The van der Waals surface area contributed by atoms with Gasteiger partial charge in [-0.15, -0.1) is 0 Å². The van der Waals surface area contributed by atoms with E-state index in [1.807, 2.05) is 42.5 Å². The third kappa shape index (κ3) is 6.84. The van der Waals surface area contributed by atoms with Gasteiger partial charge in [0.2, 0.25) is 5.91 Å². The van der Waals surface area contributed by atoms with E-state index in [4.69, 9.17) is 4.74 Å². The Kier molecular flexibility index (Phi) is 8.20. The van der Waals surface area contributed by atoms with Crippen molar-refractivity contribution in [2.24, 2.45) is 0 Å². The summed E-state index contributed by atoms with van der Waals surface area (Å²) in [5.74, 6) is 0.268. The molecule has 6 nitrogen and oxygen atoms in total. The summed E-state index contributed by atoms with van der Waals surface area (Å²) in [6.07, 6.45) is 0.800. The smallest absolute Gasteiger partial charge is 0.326 e. The number of anilines is 2. The van der Waals surface area contributed by atoms with Crippen LogP contribution in [-0.2, 0) is 11.2 Å². The number of nitrogens with one attached hydrogen (secondary N) is 2. The maximum atomic E-state index is 13.3. The van der Waals surface area contributed by atoms with E-state index in [1.165, 1.54) is 17.0 Å². The number of carbonyl (C=O) groups excluding carboxylic acids is 2. The van der Waals surface area contributed by atoms with Gasteiger partial charge in [-0.1, -0.05) is 30.3 Å². The van der Waals surface area contributed by atoms with E-state index in [9.17, 15) is 14.0 Å². The van der Waals surface area contributed by atoms with Gasteiger partial charge in [-0.05, 0) is 60.5 Å². The number of hydrogen-bond acceptors (Lipinski definition) is 3. The predicted molar refractivity (Wildman–Crippen MR) is 124 cm³/mol. The van der Waals surface area contributed by atoms with Crippen molar-refractivity contribution >= 4 is 23.3 Å². The summed E-state index contributed by atoms with van der Waals surface area (Å²) >= 11 is 0. The van der Waals surface area contributed by atoms with Gasteiger partial charge in [0.05, 0.1) is 13.5 Å². The number of halogens is 1. The molecule has 0 unspecified atom stereocenters. The van der Waals surface area contributed by atoms with Gasteiger partial charge in [0.15, 0.2) is 0 Å². The number of amides is 3. The lowest BCUT2D eigenvalue weighted by atomic mass is 10.1. The number of ether oxygens (including phenoxy) is 1. The van der Waals surface area contributed by atoms with Crippen LogP contribution in [0.4, 0.5) is 20.6 Å². The maximum absolute atomic E-state index is 13.3. The molecule has 0 radical (unpaired) electrons. The second-order valence-electron chi connectivity index (χ2n) is 7.15. The molecule has 3 aromatic carbocycles. The molecular formula is C25H26FN3O3. The molecule has 3 aromatic rings. The van der Waals surface area contributed by atoms with E-state index >= 15 is 0 Å². The first-order chi connectivity index (χ1) is 15.5. The van der Waals surface area contributed by atoms with E-state index in [-0.39, 0.29) is 24.2 Å². The molecule has 0 atom stereocenters. The highest BCUT2D eigenvalue weighted by atomic mass is 19.1. The zero-order chi connectivity index (χ0) is 22.8. The van der Waals surface area contributed by atoms with E-state index in [2.05, 4.69) is 10.6 Å². The molecule has 0 aliphatic heterocycles. The minimum absolute atomic E-state index is 0.0998. The lowest BCUT2D eigenvalue weighted by Crippen LogP contribution is -2.37. The van der Waals surface area contributed by atoms with Crippen LogP contribution in [0.5, 0.6) is 5.75 Å². The van der Waals surface area contributed by atoms with Gasteiger partial charge in [0.25, 0.3) is 0 Å². The van der Waals surface area contributed by atoms with Crippen molar-refractivity contribution in [3.05, 3.63) is 90.2 Å². The lowest BCUT2D eigenvalue weighted by Gasteiger charge is -2.23. The normalized spacial score (nSPS) is 10.3. The molecule has 0 heterocycles. The predicted octanol–water partition coefficient (Wildman–Crippen LogP) is 4.62. The van der Waals surface area contributed by atoms with Crippen molar-refractivity contribution in [1.29, 1.82) is 0 Å². The molecule has 0 saturated heterocycles. The highest BCUT2D eigenvalue weighted by Crippen LogP contribution is 2.17. The molecule has 0 bridgehead atoms. The van der Waals surface area contributed by atoms with Gasteiger partial charge < -0.3 is 15.4 Å². The van der Waals surface area contributed by atoms with Gasteiger partial charge in [-0.3, -0.25) is 9.69 Å². The Labute approximate surface area is 187 Å². The number of benzene rings is 3. The van der Waals surface area contributed by atoms with E-state index < -0.39 is 0 Å². The fraction of sp³-hybridized carbons (Fsp3) is 0.200. The summed E-state index contributed by atoms with van der Waals surface area (Å²) in [7, 11) is 1.59. The first-order valence-corrected chi connectivity index (χ1v) is 10.3. The van der Waals surface area contributed by atoms with Gasteiger partial charge in [-0.2, -0.15) is 0 Å². The molecule has 7 heteroatoms. The van der Waals surface area contributed by atoms with Crippen molar-refractivity contribution in [3.63, 3.8) is 0 Å². The van der Waals surface area contributed by atoms with E-state index in [0.717, 1.165) is 11.3 Å². The summed E-state index contributed by atoms with van der Waals surface area (Å²) in [4.78, 5) is 26.6. The maximum Gasteiger partial charge on any atom is 0.326 e. The van der Waals surface area contributed by atoms with Gasteiger partial charge in [0, 0.05) is 24.5 Å². The molecule has 0 saturated carbocycles. The highest BCUT2D eigenvalue weighted by Gasteiger charge is 2.16. The molecule has 0 spiro atoms. The van der Waals surface area contributed by atoms with Crippen LogP contribution in [0.15, 0.2) is 78.9 Å². The van der Waals surface area contributed by atoms with Crippen LogP contribution >= 0.6 is 0 Å². The third-order valence-corrected chi connectivity index (χ3v) is 4.81. The van der Waals surface area contributed by atoms with Crippen LogP contribution in [0.1, 0.15) is 12.0 Å². The number of rotatable bonds is 9. The molecule has 0 aliphatic carbocycles. The summed E-state index contributed by atoms with van der Waals surface area (Å²) < 4.78 is 18.5. The summed E-state index contributed by atoms with van der Waals surface area (Å²) in [5, 5.41) is 5.72. The highest BCUT2D eigenvalue weighted by molar-refractivity contribution is 6.01. The summed E-state index contributed by atoms with van der Waals surface area (Å²) in [5.41, 5.74) is 2.13. The standard InChI is InChI=1S/C25H26FN3O3/c1-32-23-14-8-19(9-15-23)18-24(30)27-16-5-17-29(22-12-10-20(26)11-13-22)25(31)28-21-6-3-2-4-7-21/h2-4,6-15H,5,16-18H2,1H3,(H,27,30)(H,28,31). The van der Waals surface area contributed by atoms with E-state index in [0.29, 0.717) is 30.9 Å². The third-order valence-electron chi connectivity index (χ3n) is 4.81. The molecule has 3 amide bonds. The van der Waals surface area contributed by atoms with Crippen LogP contribution in [-0.4, -0.2) is 32.1 Å². The lowest BCUT2D eigenvalue weighted by molar-refractivity contribution is -0.120. The quantitative estimate of drug-likeness (QED) is 0.482. The molecule has 0 fully saturated rings. The average molecular weight is 435 g/mol. The molecular weight excluding hydrogens is 409 g/mol. The topological polar surface area (TPSA) is 70.7 Å². The molecule has 166 valence electrons. The van der Waals surface area contributed by atoms with Crippen LogP contribution in [0.25, 0.3) is 0 Å². The zero-order valence-electron chi connectivity index (χ0n) is 17.9. The molecule has 32 heavy (non-hydrogen) atoms. The number of methoxy groups -OCH3 is 1. The van der Waals surface area contributed by atoms with Crippen LogP contribution < -0.4 is 20.3 Å². The number of hydrogen-bond donors (Lipinski definition) is 2. The monoisotopic (exact) mass is 435 g/mol. The number of para-hydroxylation sites is 1. The minimum Gasteiger partial charge on any atom is -0.497 e. The summed E-state index contributed by atoms with van der Waals surface area (Å²) in [6, 6.07) is 21.9. The Balaban J connectivity index is 1.54. The van der Waals surface area contributed by atoms with E-state index in [1.54, 1.807) is 31.4 Å². The van der Waals surface area contributed by atoms with Crippen molar-refractivity contribution in [2.45, 2.75) is 12.8 Å². The summed E-state index contributed by atoms with van der Waals surface area (Å²) in [6.45, 7) is 0.762. The van der Waals surface area contributed by atoms with Crippen molar-refractivity contribution in [1.82, 2.24) is 5.32 Å². The second-order valence-corrected chi connectivity index (χ2v) is 7.15.